The minimum Gasteiger partial charge on any atom is -0.377 e. The number of fused-ring (bicyclic) bond motifs is 1. The van der Waals surface area contributed by atoms with Gasteiger partial charge in [-0.2, -0.15) is 0 Å². The Balaban J connectivity index is 1.53. The van der Waals surface area contributed by atoms with E-state index in [1.165, 1.54) is 5.56 Å². The van der Waals surface area contributed by atoms with Gasteiger partial charge < -0.3 is 15.0 Å². The lowest BCUT2D eigenvalue weighted by Gasteiger charge is -2.28. The van der Waals surface area contributed by atoms with Crippen molar-refractivity contribution < 1.29 is 9.53 Å². The lowest BCUT2D eigenvalue weighted by molar-refractivity contribution is -0.133. The van der Waals surface area contributed by atoms with E-state index in [9.17, 15) is 4.79 Å². The van der Waals surface area contributed by atoms with Crippen LogP contribution in [-0.2, 0) is 16.1 Å². The number of nitrogens with zero attached hydrogens (tertiary/aromatic N) is 1. The van der Waals surface area contributed by atoms with Gasteiger partial charge in [-0.05, 0) is 24.4 Å². The molecule has 0 aromatic heterocycles. The molecule has 114 valence electrons. The van der Waals surface area contributed by atoms with Gasteiger partial charge in [0.1, 0.15) is 0 Å². The van der Waals surface area contributed by atoms with Gasteiger partial charge in [0.15, 0.2) is 0 Å². The first kappa shape index (κ1) is 14.5. The van der Waals surface area contributed by atoms with E-state index in [0.29, 0.717) is 24.8 Å². The number of amides is 1. The summed E-state index contributed by atoms with van der Waals surface area (Å²) in [5.74, 6) is 1.33. The third-order valence-electron chi connectivity index (χ3n) is 4.73. The van der Waals surface area contributed by atoms with Crippen LogP contribution in [0.15, 0.2) is 30.3 Å². The van der Waals surface area contributed by atoms with Gasteiger partial charge in [-0.25, -0.2) is 0 Å². The number of hydrogen-bond donors (Lipinski definition) is 1. The molecule has 0 unspecified atom stereocenters. The summed E-state index contributed by atoms with van der Waals surface area (Å²) in [6.45, 7) is 3.56. The van der Waals surface area contributed by atoms with Gasteiger partial charge in [-0.1, -0.05) is 30.3 Å². The molecule has 0 aliphatic carbocycles. The highest BCUT2D eigenvalue weighted by atomic mass is 16.5. The molecule has 1 amide bonds. The summed E-state index contributed by atoms with van der Waals surface area (Å²) in [6.07, 6.45) is 1.76. The molecule has 4 heteroatoms. The molecule has 1 N–H and O–H groups in total. The molecule has 2 fully saturated rings. The topological polar surface area (TPSA) is 41.6 Å². The first-order chi connectivity index (χ1) is 10.2. The molecule has 2 aliphatic heterocycles. The highest BCUT2D eigenvalue weighted by molar-refractivity contribution is 5.76. The zero-order chi connectivity index (χ0) is 14.7. The molecule has 1 aromatic carbocycles. The molecule has 2 saturated heterocycles. The van der Waals surface area contributed by atoms with E-state index >= 15 is 0 Å². The van der Waals surface area contributed by atoms with E-state index in [0.717, 1.165) is 26.1 Å². The Morgan fingerprint density at radius 1 is 1.38 bits per heavy atom. The Morgan fingerprint density at radius 2 is 2.19 bits per heavy atom. The van der Waals surface area contributed by atoms with E-state index in [-0.39, 0.29) is 12.0 Å². The van der Waals surface area contributed by atoms with Crippen LogP contribution in [0.25, 0.3) is 0 Å². The van der Waals surface area contributed by atoms with E-state index in [2.05, 4.69) is 17.4 Å². The standard InChI is InChI=1S/C17H24N2O2/c1-19(11-13-5-3-2-4-6-13)17(20)9-16-15-7-8-18-10-14(15)12-21-16/h2-6,14-16,18H,7-12H2,1H3/t14-,15-,16+/m1/s1. The Bertz CT molecular complexity index is 477. The molecule has 2 aliphatic rings. The molecule has 0 radical (unpaired) electrons. The third-order valence-corrected chi connectivity index (χ3v) is 4.73. The number of carbonyl (C=O) groups is 1. The maximum Gasteiger partial charge on any atom is 0.225 e. The van der Waals surface area contributed by atoms with Crippen LogP contribution in [0.5, 0.6) is 0 Å². The number of ether oxygens (including phenoxy) is 1. The lowest BCUT2D eigenvalue weighted by Crippen LogP contribution is -2.39. The lowest BCUT2D eigenvalue weighted by atomic mass is 9.84. The second kappa shape index (κ2) is 6.58. The molecule has 21 heavy (non-hydrogen) atoms. The smallest absolute Gasteiger partial charge is 0.225 e. The van der Waals surface area contributed by atoms with Gasteiger partial charge in [0.25, 0.3) is 0 Å². The van der Waals surface area contributed by atoms with Crippen LogP contribution in [0.2, 0.25) is 0 Å². The van der Waals surface area contributed by atoms with Gasteiger partial charge in [0.05, 0.1) is 19.1 Å². The predicted octanol–water partition coefficient (Wildman–Crippen LogP) is 1.66. The molecular formula is C17H24N2O2. The molecular weight excluding hydrogens is 264 g/mol. The van der Waals surface area contributed by atoms with Gasteiger partial charge in [0.2, 0.25) is 5.91 Å². The summed E-state index contributed by atoms with van der Waals surface area (Å²) in [6, 6.07) is 10.1. The highest BCUT2D eigenvalue weighted by Gasteiger charge is 2.39. The second-order valence-corrected chi connectivity index (χ2v) is 6.23. The SMILES string of the molecule is CN(Cc1ccccc1)C(=O)C[C@@H]1OC[C@H]2CNCC[C@H]21. The number of benzene rings is 1. The second-order valence-electron chi connectivity index (χ2n) is 6.23. The summed E-state index contributed by atoms with van der Waals surface area (Å²) in [5.41, 5.74) is 1.17. The number of rotatable bonds is 4. The summed E-state index contributed by atoms with van der Waals surface area (Å²) >= 11 is 0. The number of piperidine rings is 1. The van der Waals surface area contributed by atoms with Crippen molar-refractivity contribution in [1.82, 2.24) is 10.2 Å². The normalized spacial score (nSPS) is 28.1. The molecule has 0 saturated carbocycles. The maximum atomic E-state index is 12.4. The molecule has 0 spiro atoms. The van der Waals surface area contributed by atoms with Crippen molar-refractivity contribution >= 4 is 5.91 Å². The maximum absolute atomic E-state index is 12.4. The van der Waals surface area contributed by atoms with Crippen LogP contribution in [0.1, 0.15) is 18.4 Å². The summed E-state index contributed by atoms with van der Waals surface area (Å²) in [5, 5.41) is 3.41. The summed E-state index contributed by atoms with van der Waals surface area (Å²) < 4.78 is 5.88. The van der Waals surface area contributed by atoms with Gasteiger partial charge in [0, 0.05) is 26.1 Å². The molecule has 0 bridgehead atoms. The van der Waals surface area contributed by atoms with E-state index < -0.39 is 0 Å². The molecule has 2 heterocycles. The van der Waals surface area contributed by atoms with Crippen LogP contribution in [0.4, 0.5) is 0 Å². The van der Waals surface area contributed by atoms with Crippen LogP contribution in [0, 0.1) is 11.8 Å². The first-order valence-corrected chi connectivity index (χ1v) is 7.84. The van der Waals surface area contributed by atoms with Crippen LogP contribution in [-0.4, -0.2) is 43.7 Å². The van der Waals surface area contributed by atoms with Crippen molar-refractivity contribution in [3.63, 3.8) is 0 Å². The minimum absolute atomic E-state index is 0.114. The average molecular weight is 288 g/mol. The highest BCUT2D eigenvalue weighted by Crippen LogP contribution is 2.33. The van der Waals surface area contributed by atoms with Crippen molar-refractivity contribution in [3.8, 4) is 0 Å². The largest absolute Gasteiger partial charge is 0.377 e. The van der Waals surface area contributed by atoms with Crippen molar-refractivity contribution in [2.75, 3.05) is 26.7 Å². The molecule has 1 aromatic rings. The van der Waals surface area contributed by atoms with Gasteiger partial charge in [-0.3, -0.25) is 4.79 Å². The van der Waals surface area contributed by atoms with Crippen molar-refractivity contribution in [2.45, 2.75) is 25.5 Å². The van der Waals surface area contributed by atoms with Crippen LogP contribution >= 0.6 is 0 Å². The first-order valence-electron chi connectivity index (χ1n) is 7.84. The zero-order valence-electron chi connectivity index (χ0n) is 12.6. The summed E-state index contributed by atoms with van der Waals surface area (Å²) in [7, 11) is 1.88. The van der Waals surface area contributed by atoms with E-state index in [1.807, 2.05) is 30.1 Å². The number of carbonyl (C=O) groups excluding carboxylic acids is 1. The fourth-order valence-electron chi connectivity index (χ4n) is 3.47. The van der Waals surface area contributed by atoms with Crippen molar-refractivity contribution in [2.24, 2.45) is 11.8 Å². The zero-order valence-corrected chi connectivity index (χ0v) is 12.6. The van der Waals surface area contributed by atoms with Crippen LogP contribution in [0.3, 0.4) is 0 Å². The average Bonchev–Trinajstić information content (AvgIpc) is 2.91. The Kier molecular flexibility index (Phi) is 4.56. The predicted molar refractivity (Wildman–Crippen MR) is 81.7 cm³/mol. The van der Waals surface area contributed by atoms with Crippen molar-refractivity contribution in [1.29, 1.82) is 0 Å². The molecule has 4 nitrogen and oxygen atoms in total. The quantitative estimate of drug-likeness (QED) is 0.916. The Hall–Kier alpha value is -1.39. The summed E-state index contributed by atoms with van der Waals surface area (Å²) in [4.78, 5) is 14.2. The Morgan fingerprint density at radius 3 is 3.00 bits per heavy atom. The van der Waals surface area contributed by atoms with Crippen LogP contribution < -0.4 is 5.32 Å². The fourth-order valence-corrected chi connectivity index (χ4v) is 3.47. The number of hydrogen-bond acceptors (Lipinski definition) is 3. The molecule has 3 rings (SSSR count). The third kappa shape index (κ3) is 3.44. The van der Waals surface area contributed by atoms with E-state index in [4.69, 9.17) is 4.74 Å². The fraction of sp³-hybridized carbons (Fsp3) is 0.588. The van der Waals surface area contributed by atoms with Gasteiger partial charge in [-0.15, -0.1) is 0 Å². The molecule has 3 atom stereocenters. The number of nitrogens with one attached hydrogen (secondary N) is 1. The monoisotopic (exact) mass is 288 g/mol. The Labute approximate surface area is 126 Å². The van der Waals surface area contributed by atoms with Gasteiger partial charge >= 0.3 is 0 Å². The minimum atomic E-state index is 0.114. The van der Waals surface area contributed by atoms with Crippen molar-refractivity contribution in [3.05, 3.63) is 35.9 Å². The van der Waals surface area contributed by atoms with E-state index in [1.54, 1.807) is 0 Å².